The van der Waals surface area contributed by atoms with Crippen LogP contribution in [-0.4, -0.2) is 17.2 Å². The minimum atomic E-state index is -0.941. The van der Waals surface area contributed by atoms with E-state index in [1.54, 1.807) is 6.08 Å². The number of rotatable bonds is 4. The quantitative estimate of drug-likeness (QED) is 0.639. The Hall–Kier alpha value is -2.03. The lowest BCUT2D eigenvalue weighted by atomic mass is 10.0. The number of aliphatic carboxylic acids is 1. The van der Waals surface area contributed by atoms with Crippen molar-refractivity contribution in [3.63, 3.8) is 0 Å². The summed E-state index contributed by atoms with van der Waals surface area (Å²) in [6.07, 6.45) is 6.33. The SMILES string of the molecule is C=CC[C@@H]1Cc2c(C=CC(=O)O)cccc2O1. The summed E-state index contributed by atoms with van der Waals surface area (Å²) in [4.78, 5) is 10.5. The minimum Gasteiger partial charge on any atom is -0.489 e. The second-order valence-corrected chi connectivity index (χ2v) is 3.96. The van der Waals surface area contributed by atoms with E-state index in [1.165, 1.54) is 0 Å². The minimum absolute atomic E-state index is 0.127. The molecule has 0 bridgehead atoms. The first-order chi connectivity index (χ1) is 8.20. The van der Waals surface area contributed by atoms with Gasteiger partial charge in [0.25, 0.3) is 0 Å². The van der Waals surface area contributed by atoms with Gasteiger partial charge in [-0.2, -0.15) is 0 Å². The molecule has 1 aliphatic heterocycles. The summed E-state index contributed by atoms with van der Waals surface area (Å²) in [5.41, 5.74) is 1.99. The van der Waals surface area contributed by atoms with E-state index in [-0.39, 0.29) is 6.10 Å². The topological polar surface area (TPSA) is 46.5 Å². The molecule has 0 radical (unpaired) electrons. The van der Waals surface area contributed by atoms with Gasteiger partial charge in [0.15, 0.2) is 0 Å². The van der Waals surface area contributed by atoms with E-state index >= 15 is 0 Å². The van der Waals surface area contributed by atoms with Gasteiger partial charge >= 0.3 is 5.97 Å². The molecule has 1 N–H and O–H groups in total. The predicted molar refractivity (Wildman–Crippen MR) is 66.0 cm³/mol. The monoisotopic (exact) mass is 230 g/mol. The van der Waals surface area contributed by atoms with Crippen LogP contribution in [0.2, 0.25) is 0 Å². The molecule has 0 aliphatic carbocycles. The number of hydrogen-bond donors (Lipinski definition) is 1. The molecule has 2 rings (SSSR count). The number of benzene rings is 1. The van der Waals surface area contributed by atoms with Crippen molar-refractivity contribution in [2.45, 2.75) is 18.9 Å². The number of carbonyl (C=O) groups is 1. The van der Waals surface area contributed by atoms with E-state index in [1.807, 2.05) is 24.3 Å². The van der Waals surface area contributed by atoms with Crippen molar-refractivity contribution in [1.29, 1.82) is 0 Å². The molecule has 0 unspecified atom stereocenters. The van der Waals surface area contributed by atoms with E-state index in [2.05, 4.69) is 6.58 Å². The Morgan fingerprint density at radius 2 is 2.41 bits per heavy atom. The Balaban J connectivity index is 2.25. The highest BCUT2D eigenvalue weighted by Gasteiger charge is 2.23. The van der Waals surface area contributed by atoms with Crippen LogP contribution in [0, 0.1) is 0 Å². The van der Waals surface area contributed by atoms with Crippen LogP contribution in [0.15, 0.2) is 36.9 Å². The van der Waals surface area contributed by atoms with Crippen LogP contribution >= 0.6 is 0 Å². The Morgan fingerprint density at radius 3 is 3.12 bits per heavy atom. The van der Waals surface area contributed by atoms with E-state index < -0.39 is 5.97 Å². The smallest absolute Gasteiger partial charge is 0.328 e. The highest BCUT2D eigenvalue weighted by Crippen LogP contribution is 2.33. The molecule has 1 aliphatic rings. The summed E-state index contributed by atoms with van der Waals surface area (Å²) >= 11 is 0. The molecule has 1 aromatic carbocycles. The third kappa shape index (κ3) is 2.56. The lowest BCUT2D eigenvalue weighted by molar-refractivity contribution is -0.131. The zero-order valence-electron chi connectivity index (χ0n) is 9.43. The maximum absolute atomic E-state index is 10.5. The molecule has 1 heterocycles. The first kappa shape index (κ1) is 11.5. The number of hydrogen-bond acceptors (Lipinski definition) is 2. The number of fused-ring (bicyclic) bond motifs is 1. The molecule has 88 valence electrons. The second kappa shape index (κ2) is 4.87. The molecule has 0 amide bonds. The van der Waals surface area contributed by atoms with Crippen molar-refractivity contribution in [3.05, 3.63) is 48.1 Å². The van der Waals surface area contributed by atoms with Gasteiger partial charge in [0, 0.05) is 24.5 Å². The molecule has 0 saturated carbocycles. The average Bonchev–Trinajstić information content (AvgIpc) is 2.69. The van der Waals surface area contributed by atoms with Crippen molar-refractivity contribution >= 4 is 12.0 Å². The molecule has 1 aromatic rings. The van der Waals surface area contributed by atoms with Crippen LogP contribution in [-0.2, 0) is 11.2 Å². The molecule has 3 heteroatoms. The summed E-state index contributed by atoms with van der Waals surface area (Å²) in [6, 6.07) is 5.69. The van der Waals surface area contributed by atoms with Crippen LogP contribution in [0.25, 0.3) is 6.08 Å². The Kier molecular flexibility index (Phi) is 3.28. The van der Waals surface area contributed by atoms with E-state index in [0.29, 0.717) is 0 Å². The fourth-order valence-corrected chi connectivity index (χ4v) is 1.99. The molecular formula is C14H14O3. The predicted octanol–water partition coefficient (Wildman–Crippen LogP) is 2.66. The lowest BCUT2D eigenvalue weighted by Crippen LogP contribution is -2.10. The van der Waals surface area contributed by atoms with E-state index in [0.717, 1.165) is 35.8 Å². The van der Waals surface area contributed by atoms with Gasteiger partial charge in [0.05, 0.1) is 0 Å². The summed E-state index contributed by atoms with van der Waals surface area (Å²) in [5, 5.41) is 8.63. The standard InChI is InChI=1S/C14H14O3/c1-2-4-11-9-12-10(7-8-14(15)16)5-3-6-13(12)17-11/h2-3,5-8,11H,1,4,9H2,(H,15,16)/t11-/m1/s1. The van der Waals surface area contributed by atoms with Gasteiger partial charge in [-0.05, 0) is 17.7 Å². The van der Waals surface area contributed by atoms with Crippen molar-refractivity contribution in [3.8, 4) is 5.75 Å². The summed E-state index contributed by atoms with van der Waals surface area (Å²) in [7, 11) is 0. The zero-order valence-corrected chi connectivity index (χ0v) is 9.43. The van der Waals surface area contributed by atoms with Crippen LogP contribution < -0.4 is 4.74 Å². The maximum atomic E-state index is 10.5. The first-order valence-corrected chi connectivity index (χ1v) is 5.51. The molecule has 0 saturated heterocycles. The summed E-state index contributed by atoms with van der Waals surface area (Å²) in [5.74, 6) is -0.0893. The second-order valence-electron chi connectivity index (χ2n) is 3.96. The molecule has 3 nitrogen and oxygen atoms in total. The fourth-order valence-electron chi connectivity index (χ4n) is 1.99. The van der Waals surface area contributed by atoms with E-state index in [9.17, 15) is 4.79 Å². The molecule has 0 spiro atoms. The van der Waals surface area contributed by atoms with Crippen molar-refractivity contribution in [2.75, 3.05) is 0 Å². The van der Waals surface area contributed by atoms with Gasteiger partial charge in [0.2, 0.25) is 0 Å². The van der Waals surface area contributed by atoms with Crippen LogP contribution in [0.1, 0.15) is 17.5 Å². The number of carboxylic acid groups (broad SMARTS) is 1. The van der Waals surface area contributed by atoms with Crippen LogP contribution in [0.4, 0.5) is 0 Å². The van der Waals surface area contributed by atoms with Gasteiger partial charge in [-0.15, -0.1) is 6.58 Å². The highest BCUT2D eigenvalue weighted by molar-refractivity contribution is 5.85. The highest BCUT2D eigenvalue weighted by atomic mass is 16.5. The van der Waals surface area contributed by atoms with Crippen molar-refractivity contribution in [1.82, 2.24) is 0 Å². The largest absolute Gasteiger partial charge is 0.489 e. The van der Waals surface area contributed by atoms with Crippen molar-refractivity contribution < 1.29 is 14.6 Å². The Bertz CT molecular complexity index is 474. The van der Waals surface area contributed by atoms with Gasteiger partial charge in [-0.3, -0.25) is 0 Å². The molecule has 0 fully saturated rings. The first-order valence-electron chi connectivity index (χ1n) is 5.51. The molecule has 17 heavy (non-hydrogen) atoms. The average molecular weight is 230 g/mol. The summed E-state index contributed by atoms with van der Waals surface area (Å²) < 4.78 is 5.74. The fraction of sp³-hybridized carbons (Fsp3) is 0.214. The van der Waals surface area contributed by atoms with Crippen LogP contribution in [0.5, 0.6) is 5.75 Å². The Labute approximate surface area is 100 Å². The molecule has 1 atom stereocenters. The van der Waals surface area contributed by atoms with Crippen LogP contribution in [0.3, 0.4) is 0 Å². The number of carboxylic acids is 1. The van der Waals surface area contributed by atoms with Crippen molar-refractivity contribution in [2.24, 2.45) is 0 Å². The maximum Gasteiger partial charge on any atom is 0.328 e. The molecule has 0 aromatic heterocycles. The van der Waals surface area contributed by atoms with Gasteiger partial charge in [-0.1, -0.05) is 18.2 Å². The lowest BCUT2D eigenvalue weighted by Gasteiger charge is -2.06. The van der Waals surface area contributed by atoms with Gasteiger partial charge < -0.3 is 9.84 Å². The third-order valence-corrected chi connectivity index (χ3v) is 2.73. The zero-order chi connectivity index (χ0) is 12.3. The molecular weight excluding hydrogens is 216 g/mol. The number of ether oxygens (including phenoxy) is 1. The Morgan fingerprint density at radius 1 is 1.59 bits per heavy atom. The van der Waals surface area contributed by atoms with Gasteiger partial charge in [-0.25, -0.2) is 4.79 Å². The summed E-state index contributed by atoms with van der Waals surface area (Å²) in [6.45, 7) is 3.70. The third-order valence-electron chi connectivity index (χ3n) is 2.73. The van der Waals surface area contributed by atoms with Gasteiger partial charge in [0.1, 0.15) is 11.9 Å². The van der Waals surface area contributed by atoms with E-state index in [4.69, 9.17) is 9.84 Å². The normalized spacial score (nSPS) is 17.8.